The molecule has 172 valence electrons. The summed E-state index contributed by atoms with van der Waals surface area (Å²) in [5.41, 5.74) is 2.64. The molecule has 4 heterocycles. The van der Waals surface area contributed by atoms with E-state index in [1.165, 1.54) is 11.8 Å². The molecule has 0 unspecified atom stereocenters. The van der Waals surface area contributed by atoms with Gasteiger partial charge in [-0.25, -0.2) is 4.98 Å². The average molecular weight is 491 g/mol. The van der Waals surface area contributed by atoms with Gasteiger partial charge in [-0.3, -0.25) is 14.3 Å². The van der Waals surface area contributed by atoms with Crippen LogP contribution in [0.4, 0.5) is 0 Å². The highest BCUT2D eigenvalue weighted by Crippen LogP contribution is 2.31. The molecule has 1 aromatic carbocycles. The lowest BCUT2D eigenvalue weighted by Crippen LogP contribution is -2.11. The van der Waals surface area contributed by atoms with E-state index in [0.717, 1.165) is 32.3 Å². The normalized spacial score (nSPS) is 11.3. The van der Waals surface area contributed by atoms with Crippen LogP contribution in [0.15, 0.2) is 58.7 Å². The Balaban J connectivity index is 1.51. The number of hydrogen-bond acceptors (Lipinski definition) is 8. The molecule has 34 heavy (non-hydrogen) atoms. The van der Waals surface area contributed by atoms with Crippen LogP contribution in [0.2, 0.25) is 0 Å². The minimum Gasteiger partial charge on any atom is -0.494 e. The monoisotopic (exact) mass is 490 g/mol. The molecule has 0 aliphatic heterocycles. The number of hydrogen-bond donors (Lipinski definition) is 1. The first-order valence-corrected chi connectivity index (χ1v) is 12.6. The summed E-state index contributed by atoms with van der Waals surface area (Å²) >= 11 is 3.01. The van der Waals surface area contributed by atoms with Crippen LogP contribution in [0.25, 0.3) is 27.3 Å². The second-order valence-electron chi connectivity index (χ2n) is 7.57. The predicted octanol–water partition coefficient (Wildman–Crippen LogP) is 4.94. The number of thiophene rings is 1. The van der Waals surface area contributed by atoms with Crippen molar-refractivity contribution < 1.29 is 4.74 Å². The lowest BCUT2D eigenvalue weighted by molar-refractivity contribution is 0.340. The maximum absolute atomic E-state index is 12.7. The van der Waals surface area contributed by atoms with Gasteiger partial charge in [0.1, 0.15) is 16.4 Å². The van der Waals surface area contributed by atoms with Crippen LogP contribution in [0.1, 0.15) is 23.2 Å². The van der Waals surface area contributed by atoms with Crippen LogP contribution in [0.3, 0.4) is 0 Å². The van der Waals surface area contributed by atoms with Crippen LogP contribution in [-0.4, -0.2) is 36.3 Å². The van der Waals surface area contributed by atoms with Crippen LogP contribution in [0.5, 0.6) is 5.75 Å². The predicted molar refractivity (Wildman–Crippen MR) is 135 cm³/mol. The fraction of sp³-hybridized carbons (Fsp3) is 0.208. The highest BCUT2D eigenvalue weighted by atomic mass is 32.2. The van der Waals surface area contributed by atoms with Crippen LogP contribution >= 0.6 is 23.1 Å². The van der Waals surface area contributed by atoms with Crippen molar-refractivity contribution in [2.45, 2.75) is 31.7 Å². The molecule has 10 heteroatoms. The number of thioether (sulfide) groups is 1. The lowest BCUT2D eigenvalue weighted by Gasteiger charge is -2.11. The highest BCUT2D eigenvalue weighted by Gasteiger charge is 2.18. The molecule has 5 aromatic rings. The van der Waals surface area contributed by atoms with Gasteiger partial charge in [-0.2, -0.15) is 0 Å². The Labute approximate surface area is 204 Å². The second-order valence-corrected chi connectivity index (χ2v) is 9.72. The molecule has 8 nitrogen and oxygen atoms in total. The molecule has 0 radical (unpaired) electrons. The number of nitrogens with zero attached hydrogens (tertiary/aromatic N) is 5. The Morgan fingerprint density at radius 2 is 1.97 bits per heavy atom. The largest absolute Gasteiger partial charge is 0.494 e. The van der Waals surface area contributed by atoms with Crippen molar-refractivity contribution >= 4 is 33.3 Å². The van der Waals surface area contributed by atoms with Crippen molar-refractivity contribution in [2.24, 2.45) is 0 Å². The molecule has 0 spiro atoms. The quantitative estimate of drug-likeness (QED) is 0.323. The number of fused-ring (bicyclic) bond motifs is 1. The number of aromatic nitrogens is 6. The topological polar surface area (TPSA) is 98.6 Å². The SMILES string of the molecule is CCOc1ccc(-n2c(SCc3nc4sc(C)c(C)c4c(=O)[nH]3)nnc2-c2cccnc2)cc1. The molecule has 4 aromatic heterocycles. The summed E-state index contributed by atoms with van der Waals surface area (Å²) in [7, 11) is 0. The van der Waals surface area contributed by atoms with Crippen molar-refractivity contribution in [1.29, 1.82) is 0 Å². The molecule has 0 aliphatic rings. The van der Waals surface area contributed by atoms with Gasteiger partial charge < -0.3 is 9.72 Å². The van der Waals surface area contributed by atoms with Gasteiger partial charge in [-0.1, -0.05) is 11.8 Å². The van der Waals surface area contributed by atoms with Crippen molar-refractivity contribution in [3.8, 4) is 22.8 Å². The number of aromatic amines is 1. The number of pyridine rings is 1. The van der Waals surface area contributed by atoms with Crippen molar-refractivity contribution in [3.63, 3.8) is 0 Å². The minimum absolute atomic E-state index is 0.105. The Bertz CT molecular complexity index is 1510. The van der Waals surface area contributed by atoms with E-state index in [4.69, 9.17) is 9.72 Å². The highest BCUT2D eigenvalue weighted by molar-refractivity contribution is 7.98. The van der Waals surface area contributed by atoms with Gasteiger partial charge >= 0.3 is 0 Å². The summed E-state index contributed by atoms with van der Waals surface area (Å²) in [5.74, 6) is 2.53. The van der Waals surface area contributed by atoms with Crippen LogP contribution < -0.4 is 10.3 Å². The Kier molecular flexibility index (Phi) is 6.16. The standard InChI is InChI=1S/C24H22N6O2S2/c1-4-32-18-9-7-17(8-10-18)30-21(16-6-5-11-25-12-16)28-29-24(30)33-13-19-26-22(31)20-14(2)15(3)34-23(20)27-19/h5-12H,4,13H2,1-3H3,(H,26,27,31). The van der Waals surface area contributed by atoms with E-state index in [1.807, 2.05) is 61.7 Å². The first-order valence-electron chi connectivity index (χ1n) is 10.8. The molecule has 0 saturated heterocycles. The number of H-pyrrole nitrogens is 1. The zero-order valence-electron chi connectivity index (χ0n) is 18.9. The molecule has 0 amide bonds. The van der Waals surface area contributed by atoms with Gasteiger partial charge in [0.05, 0.1) is 17.7 Å². The summed E-state index contributed by atoms with van der Waals surface area (Å²) < 4.78 is 7.57. The molecule has 5 rings (SSSR count). The van der Waals surface area contributed by atoms with Crippen LogP contribution in [0, 0.1) is 13.8 Å². The number of ether oxygens (including phenoxy) is 1. The number of aryl methyl sites for hydroxylation is 2. The maximum Gasteiger partial charge on any atom is 0.259 e. The van der Waals surface area contributed by atoms with Gasteiger partial charge in [0, 0.05) is 28.5 Å². The Hall–Kier alpha value is -3.50. The summed E-state index contributed by atoms with van der Waals surface area (Å²) in [6, 6.07) is 11.6. The van der Waals surface area contributed by atoms with E-state index in [0.29, 0.717) is 34.6 Å². The van der Waals surface area contributed by atoms with E-state index < -0.39 is 0 Å². The first-order chi connectivity index (χ1) is 16.5. The summed E-state index contributed by atoms with van der Waals surface area (Å²) in [6.45, 7) is 6.53. The van der Waals surface area contributed by atoms with Crippen LogP contribution in [-0.2, 0) is 5.75 Å². The summed E-state index contributed by atoms with van der Waals surface area (Å²) in [4.78, 5) is 26.4. The molecular weight excluding hydrogens is 468 g/mol. The average Bonchev–Trinajstić information content (AvgIpc) is 3.40. The molecule has 0 fully saturated rings. The Morgan fingerprint density at radius 3 is 2.71 bits per heavy atom. The van der Waals surface area contributed by atoms with E-state index >= 15 is 0 Å². The molecule has 1 N–H and O–H groups in total. The molecule has 0 saturated carbocycles. The third kappa shape index (κ3) is 4.22. The smallest absolute Gasteiger partial charge is 0.259 e. The zero-order chi connectivity index (χ0) is 23.7. The fourth-order valence-corrected chi connectivity index (χ4v) is 5.51. The van der Waals surface area contributed by atoms with Crippen molar-refractivity contribution in [1.82, 2.24) is 29.7 Å². The van der Waals surface area contributed by atoms with E-state index in [1.54, 1.807) is 23.7 Å². The molecule has 0 aliphatic carbocycles. The molecule has 0 bridgehead atoms. The van der Waals surface area contributed by atoms with Gasteiger partial charge in [0.2, 0.25) is 0 Å². The van der Waals surface area contributed by atoms with E-state index in [9.17, 15) is 4.79 Å². The maximum atomic E-state index is 12.7. The summed E-state index contributed by atoms with van der Waals surface area (Å²) in [5, 5.41) is 10.3. The van der Waals surface area contributed by atoms with Gasteiger partial charge in [0.25, 0.3) is 5.56 Å². The summed E-state index contributed by atoms with van der Waals surface area (Å²) in [6.07, 6.45) is 3.49. The van der Waals surface area contributed by atoms with Gasteiger partial charge in [0.15, 0.2) is 11.0 Å². The number of benzene rings is 1. The third-order valence-electron chi connectivity index (χ3n) is 5.39. The van der Waals surface area contributed by atoms with Crippen molar-refractivity contribution in [2.75, 3.05) is 6.61 Å². The molecule has 0 atom stereocenters. The van der Waals surface area contributed by atoms with Gasteiger partial charge in [-0.05, 0) is 62.7 Å². The van der Waals surface area contributed by atoms with E-state index in [-0.39, 0.29) is 5.56 Å². The zero-order valence-corrected chi connectivity index (χ0v) is 20.5. The van der Waals surface area contributed by atoms with Crippen molar-refractivity contribution in [3.05, 3.63) is 75.4 Å². The Morgan fingerprint density at radius 1 is 1.15 bits per heavy atom. The lowest BCUT2D eigenvalue weighted by atomic mass is 10.2. The second kappa shape index (κ2) is 9.40. The van der Waals surface area contributed by atoms with E-state index in [2.05, 4.69) is 20.2 Å². The third-order valence-corrected chi connectivity index (χ3v) is 7.43. The fourth-order valence-electron chi connectivity index (χ4n) is 3.64. The minimum atomic E-state index is -0.105. The molecular formula is C24H22N6O2S2. The number of nitrogens with one attached hydrogen (secondary N) is 1. The van der Waals surface area contributed by atoms with Gasteiger partial charge in [-0.15, -0.1) is 21.5 Å². The number of rotatable bonds is 7. The first kappa shape index (κ1) is 22.3.